The average molecular weight is 251 g/mol. The van der Waals surface area contributed by atoms with Crippen molar-refractivity contribution in [1.29, 1.82) is 0 Å². The summed E-state index contributed by atoms with van der Waals surface area (Å²) in [4.78, 5) is 0. The van der Waals surface area contributed by atoms with Crippen LogP contribution in [0.2, 0.25) is 0 Å². The largest absolute Gasteiger partial charge is 0.317 e. The van der Waals surface area contributed by atoms with E-state index in [0.717, 1.165) is 36.1 Å². The lowest BCUT2D eigenvalue weighted by Crippen LogP contribution is -2.37. The molecular weight excluding hydrogens is 218 g/mol. The van der Waals surface area contributed by atoms with Crippen LogP contribution in [-0.2, 0) is 0 Å². The van der Waals surface area contributed by atoms with Crippen molar-refractivity contribution in [2.45, 2.75) is 65.7 Å². The molecule has 0 aliphatic heterocycles. The maximum Gasteiger partial charge on any atom is -0.00179 e. The molecule has 3 unspecified atom stereocenters. The molecule has 0 saturated heterocycles. The molecule has 2 saturated carbocycles. The standard InChI is InChI=1S/C17H33N/c1-4-18-12-16-10-7-14(3)11-17(16)15-8-5-13(2)6-9-15/h13-18H,4-12H2,1-3H3. The van der Waals surface area contributed by atoms with Gasteiger partial charge in [-0.3, -0.25) is 0 Å². The van der Waals surface area contributed by atoms with Gasteiger partial charge in [-0.25, -0.2) is 0 Å². The van der Waals surface area contributed by atoms with Gasteiger partial charge in [0, 0.05) is 0 Å². The van der Waals surface area contributed by atoms with Crippen LogP contribution in [-0.4, -0.2) is 13.1 Å². The summed E-state index contributed by atoms with van der Waals surface area (Å²) in [6, 6.07) is 0. The summed E-state index contributed by atoms with van der Waals surface area (Å²) in [5, 5.41) is 3.61. The normalized spacial score (nSPS) is 41.8. The Balaban J connectivity index is 1.91. The third kappa shape index (κ3) is 3.73. The monoisotopic (exact) mass is 251 g/mol. The second kappa shape index (κ2) is 6.93. The Morgan fingerprint density at radius 1 is 0.889 bits per heavy atom. The predicted molar refractivity (Wildman–Crippen MR) is 79.7 cm³/mol. The van der Waals surface area contributed by atoms with E-state index in [2.05, 4.69) is 26.1 Å². The highest BCUT2D eigenvalue weighted by atomic mass is 14.8. The Bertz CT molecular complexity index is 217. The van der Waals surface area contributed by atoms with E-state index in [0.29, 0.717) is 0 Å². The summed E-state index contributed by atoms with van der Waals surface area (Å²) in [6.45, 7) is 9.57. The molecule has 1 nitrogen and oxygen atoms in total. The van der Waals surface area contributed by atoms with E-state index in [-0.39, 0.29) is 0 Å². The van der Waals surface area contributed by atoms with Gasteiger partial charge in [0.2, 0.25) is 0 Å². The minimum Gasteiger partial charge on any atom is -0.317 e. The van der Waals surface area contributed by atoms with Gasteiger partial charge in [-0.2, -0.15) is 0 Å². The third-order valence-electron chi connectivity index (χ3n) is 5.63. The van der Waals surface area contributed by atoms with Gasteiger partial charge in [0.25, 0.3) is 0 Å². The van der Waals surface area contributed by atoms with Crippen molar-refractivity contribution < 1.29 is 0 Å². The SMILES string of the molecule is CCNCC1CCC(C)CC1C1CCC(C)CC1. The summed E-state index contributed by atoms with van der Waals surface area (Å²) >= 11 is 0. The van der Waals surface area contributed by atoms with Gasteiger partial charge in [0.15, 0.2) is 0 Å². The van der Waals surface area contributed by atoms with Crippen molar-refractivity contribution in [3.8, 4) is 0 Å². The van der Waals surface area contributed by atoms with Gasteiger partial charge < -0.3 is 5.32 Å². The lowest BCUT2D eigenvalue weighted by molar-refractivity contribution is 0.0911. The van der Waals surface area contributed by atoms with Gasteiger partial charge in [-0.15, -0.1) is 0 Å². The van der Waals surface area contributed by atoms with Crippen molar-refractivity contribution in [2.75, 3.05) is 13.1 Å². The van der Waals surface area contributed by atoms with E-state index in [1.165, 1.54) is 51.5 Å². The molecule has 3 atom stereocenters. The second-order valence-electron chi connectivity index (χ2n) is 7.17. The maximum atomic E-state index is 3.61. The van der Waals surface area contributed by atoms with Crippen molar-refractivity contribution in [3.63, 3.8) is 0 Å². The first-order chi connectivity index (χ1) is 8.70. The summed E-state index contributed by atoms with van der Waals surface area (Å²) in [7, 11) is 0. The molecule has 2 aliphatic carbocycles. The van der Waals surface area contributed by atoms with Gasteiger partial charge in [-0.1, -0.05) is 40.0 Å². The van der Waals surface area contributed by atoms with Crippen LogP contribution in [0.15, 0.2) is 0 Å². The summed E-state index contributed by atoms with van der Waals surface area (Å²) in [5.74, 6) is 5.02. The molecule has 0 aromatic heterocycles. The fourth-order valence-corrected chi connectivity index (χ4v) is 4.36. The molecule has 0 bridgehead atoms. The first-order valence-electron chi connectivity index (χ1n) is 8.41. The Hall–Kier alpha value is -0.0400. The Morgan fingerprint density at radius 2 is 1.56 bits per heavy atom. The van der Waals surface area contributed by atoms with Crippen molar-refractivity contribution in [1.82, 2.24) is 5.32 Å². The molecule has 1 N–H and O–H groups in total. The zero-order valence-electron chi connectivity index (χ0n) is 12.8. The minimum absolute atomic E-state index is 0.972. The highest BCUT2D eigenvalue weighted by molar-refractivity contribution is 4.86. The van der Waals surface area contributed by atoms with Crippen LogP contribution >= 0.6 is 0 Å². The highest BCUT2D eigenvalue weighted by Gasteiger charge is 2.35. The Morgan fingerprint density at radius 3 is 2.22 bits per heavy atom. The molecule has 0 amide bonds. The van der Waals surface area contributed by atoms with Crippen molar-refractivity contribution in [2.24, 2.45) is 29.6 Å². The average Bonchev–Trinajstić information content (AvgIpc) is 2.38. The highest BCUT2D eigenvalue weighted by Crippen LogP contribution is 2.44. The first-order valence-corrected chi connectivity index (χ1v) is 8.41. The molecule has 0 spiro atoms. The van der Waals surface area contributed by atoms with Gasteiger partial charge in [0.1, 0.15) is 0 Å². The molecule has 2 rings (SSSR count). The Kier molecular flexibility index (Phi) is 5.54. The van der Waals surface area contributed by atoms with Crippen LogP contribution in [0.5, 0.6) is 0 Å². The van der Waals surface area contributed by atoms with Crippen molar-refractivity contribution >= 4 is 0 Å². The van der Waals surface area contributed by atoms with Crippen LogP contribution in [0, 0.1) is 29.6 Å². The van der Waals surface area contributed by atoms with E-state index >= 15 is 0 Å². The molecule has 2 aliphatic rings. The summed E-state index contributed by atoms with van der Waals surface area (Å²) in [5.41, 5.74) is 0. The van der Waals surface area contributed by atoms with E-state index in [1.807, 2.05) is 0 Å². The number of hydrogen-bond donors (Lipinski definition) is 1. The summed E-state index contributed by atoms with van der Waals surface area (Å²) < 4.78 is 0. The number of nitrogens with one attached hydrogen (secondary N) is 1. The second-order valence-corrected chi connectivity index (χ2v) is 7.17. The smallest absolute Gasteiger partial charge is 0.00179 e. The molecule has 0 aromatic rings. The van der Waals surface area contributed by atoms with E-state index in [1.54, 1.807) is 0 Å². The van der Waals surface area contributed by atoms with Crippen LogP contribution in [0.25, 0.3) is 0 Å². The zero-order chi connectivity index (χ0) is 13.0. The molecule has 0 radical (unpaired) electrons. The lowest BCUT2D eigenvalue weighted by atomic mass is 9.64. The van der Waals surface area contributed by atoms with E-state index in [9.17, 15) is 0 Å². The molecule has 106 valence electrons. The molecule has 2 fully saturated rings. The maximum absolute atomic E-state index is 3.61. The van der Waals surface area contributed by atoms with Crippen LogP contribution < -0.4 is 5.32 Å². The molecule has 1 heteroatoms. The fourth-order valence-electron chi connectivity index (χ4n) is 4.36. The minimum atomic E-state index is 0.972. The van der Waals surface area contributed by atoms with E-state index < -0.39 is 0 Å². The molecule has 0 aromatic carbocycles. The summed E-state index contributed by atoms with van der Waals surface area (Å²) in [6.07, 6.45) is 10.5. The van der Waals surface area contributed by atoms with E-state index in [4.69, 9.17) is 0 Å². The molecule has 18 heavy (non-hydrogen) atoms. The van der Waals surface area contributed by atoms with Gasteiger partial charge >= 0.3 is 0 Å². The number of hydrogen-bond acceptors (Lipinski definition) is 1. The van der Waals surface area contributed by atoms with Crippen molar-refractivity contribution in [3.05, 3.63) is 0 Å². The number of rotatable bonds is 4. The molecular formula is C17H33N. The predicted octanol–water partition coefficient (Wildman–Crippen LogP) is 4.47. The lowest BCUT2D eigenvalue weighted by Gasteiger charge is -2.42. The van der Waals surface area contributed by atoms with Crippen LogP contribution in [0.4, 0.5) is 0 Å². The fraction of sp³-hybridized carbons (Fsp3) is 1.00. The Labute approximate surface area is 114 Å². The van der Waals surface area contributed by atoms with Gasteiger partial charge in [-0.05, 0) is 68.4 Å². The first kappa shape index (κ1) is 14.4. The quantitative estimate of drug-likeness (QED) is 0.777. The van der Waals surface area contributed by atoms with Crippen LogP contribution in [0.3, 0.4) is 0 Å². The molecule has 0 heterocycles. The van der Waals surface area contributed by atoms with Gasteiger partial charge in [0.05, 0.1) is 0 Å². The third-order valence-corrected chi connectivity index (χ3v) is 5.63. The topological polar surface area (TPSA) is 12.0 Å². The zero-order valence-corrected chi connectivity index (χ0v) is 12.8. The van der Waals surface area contributed by atoms with Crippen LogP contribution in [0.1, 0.15) is 65.7 Å².